The Bertz CT molecular complexity index is 545. The lowest BCUT2D eigenvalue weighted by Gasteiger charge is -2.42. The number of para-hydroxylation sites is 1. The molecule has 1 N–H and O–H groups in total. The van der Waals surface area contributed by atoms with E-state index in [9.17, 15) is 14.3 Å². The number of amides is 1. The Labute approximate surface area is 128 Å². The third kappa shape index (κ3) is 2.94. The fraction of sp³-hybridized carbons (Fsp3) is 0.562. The normalized spacial score (nSPS) is 28.1. The summed E-state index contributed by atoms with van der Waals surface area (Å²) in [5.74, 6) is -0.688. The molecular formula is C16H20FNO4. The van der Waals surface area contributed by atoms with Gasteiger partial charge in [-0.2, -0.15) is 0 Å². The monoisotopic (exact) mass is 309 g/mol. The number of ether oxygens (including phenoxy) is 2. The van der Waals surface area contributed by atoms with Gasteiger partial charge in [0.25, 0.3) is 5.91 Å². The zero-order valence-corrected chi connectivity index (χ0v) is 12.3. The Morgan fingerprint density at radius 3 is 2.95 bits per heavy atom. The number of nitrogens with zero attached hydrogens (tertiary/aromatic N) is 1. The molecule has 6 heteroatoms. The van der Waals surface area contributed by atoms with Crippen LogP contribution in [0.25, 0.3) is 0 Å². The first-order chi connectivity index (χ1) is 10.6. The Hall–Kier alpha value is -1.66. The quantitative estimate of drug-likeness (QED) is 0.915. The van der Waals surface area contributed by atoms with E-state index in [2.05, 4.69) is 0 Å². The number of β-amino-alcohol motifs (C(OH)–C–C–N with tert-alkyl or cyclic N) is 1. The highest BCUT2D eigenvalue weighted by molar-refractivity contribution is 5.78. The number of aliphatic hydroxyl groups excluding tert-OH is 1. The van der Waals surface area contributed by atoms with E-state index in [-0.39, 0.29) is 24.8 Å². The Morgan fingerprint density at radius 2 is 2.27 bits per heavy atom. The van der Waals surface area contributed by atoms with E-state index in [0.29, 0.717) is 19.6 Å². The van der Waals surface area contributed by atoms with Crippen molar-refractivity contribution in [3.05, 3.63) is 30.1 Å². The molecule has 2 saturated heterocycles. The van der Waals surface area contributed by atoms with Gasteiger partial charge in [0.15, 0.2) is 18.2 Å². The molecule has 0 bridgehead atoms. The van der Waals surface area contributed by atoms with E-state index in [1.54, 1.807) is 17.0 Å². The average molecular weight is 309 g/mol. The second kappa shape index (κ2) is 6.22. The summed E-state index contributed by atoms with van der Waals surface area (Å²) in [5, 5.41) is 10.3. The van der Waals surface area contributed by atoms with Crippen LogP contribution in [0.3, 0.4) is 0 Å². The lowest BCUT2D eigenvalue weighted by atomic mass is 9.86. The van der Waals surface area contributed by atoms with Crippen LogP contribution in [-0.4, -0.2) is 53.9 Å². The van der Waals surface area contributed by atoms with E-state index >= 15 is 0 Å². The third-order valence-corrected chi connectivity index (χ3v) is 4.48. The summed E-state index contributed by atoms with van der Waals surface area (Å²) < 4.78 is 24.4. The molecule has 2 aliphatic rings. The van der Waals surface area contributed by atoms with Crippen molar-refractivity contribution in [2.75, 3.05) is 26.3 Å². The number of carbonyl (C=O) groups is 1. The fourth-order valence-corrected chi connectivity index (χ4v) is 3.16. The first kappa shape index (κ1) is 15.2. The Balaban J connectivity index is 1.54. The molecule has 1 amide bonds. The van der Waals surface area contributed by atoms with Gasteiger partial charge in [0, 0.05) is 19.7 Å². The van der Waals surface area contributed by atoms with E-state index in [1.165, 1.54) is 12.1 Å². The molecule has 3 rings (SSSR count). The summed E-state index contributed by atoms with van der Waals surface area (Å²) in [6.07, 6.45) is 1.73. The van der Waals surface area contributed by atoms with Crippen LogP contribution in [0, 0.1) is 5.82 Å². The van der Waals surface area contributed by atoms with Crippen LogP contribution in [0.1, 0.15) is 19.3 Å². The molecule has 0 unspecified atom stereocenters. The summed E-state index contributed by atoms with van der Waals surface area (Å²) in [5.41, 5.74) is -0.483. The van der Waals surface area contributed by atoms with Crippen LogP contribution >= 0.6 is 0 Å². The number of piperidine rings is 1. The standard InChI is InChI=1S/C16H20FNO4/c17-12-4-1-2-5-13(12)21-11-15(20)18-8-7-16(14(19)10-18)6-3-9-22-16/h1-2,4-5,14,19H,3,6-11H2/t14-,16-/m0/s1. The Morgan fingerprint density at radius 1 is 1.45 bits per heavy atom. The van der Waals surface area contributed by atoms with Crippen LogP contribution in [0.15, 0.2) is 24.3 Å². The topological polar surface area (TPSA) is 59.0 Å². The van der Waals surface area contributed by atoms with Crippen LogP contribution in [0.4, 0.5) is 4.39 Å². The SMILES string of the molecule is O=C(COc1ccccc1F)N1CC[C@@]2(CCCO2)[C@@H](O)C1. The highest BCUT2D eigenvalue weighted by atomic mass is 19.1. The molecule has 2 atom stereocenters. The number of hydrogen-bond acceptors (Lipinski definition) is 4. The molecule has 0 aromatic heterocycles. The molecule has 1 spiro atoms. The summed E-state index contributed by atoms with van der Waals surface area (Å²) in [6, 6.07) is 5.97. The van der Waals surface area contributed by atoms with Gasteiger partial charge >= 0.3 is 0 Å². The van der Waals surface area contributed by atoms with Crippen LogP contribution < -0.4 is 4.74 Å². The van der Waals surface area contributed by atoms with Crippen molar-refractivity contribution >= 4 is 5.91 Å². The van der Waals surface area contributed by atoms with Gasteiger partial charge < -0.3 is 19.5 Å². The molecule has 0 saturated carbocycles. The minimum atomic E-state index is -0.679. The summed E-state index contributed by atoms with van der Waals surface area (Å²) >= 11 is 0. The highest BCUT2D eigenvalue weighted by Gasteiger charge is 2.46. The molecule has 0 aliphatic carbocycles. The van der Waals surface area contributed by atoms with Crippen molar-refractivity contribution < 1.29 is 23.8 Å². The van der Waals surface area contributed by atoms with Crippen LogP contribution in [-0.2, 0) is 9.53 Å². The molecule has 2 aliphatic heterocycles. The maximum absolute atomic E-state index is 13.4. The largest absolute Gasteiger partial charge is 0.481 e. The molecule has 2 heterocycles. The summed E-state index contributed by atoms with van der Waals surface area (Å²) in [4.78, 5) is 13.7. The van der Waals surface area contributed by atoms with Gasteiger partial charge in [-0.25, -0.2) is 4.39 Å². The van der Waals surface area contributed by atoms with Crippen molar-refractivity contribution in [2.24, 2.45) is 0 Å². The number of aliphatic hydroxyl groups is 1. The van der Waals surface area contributed by atoms with Crippen molar-refractivity contribution in [3.8, 4) is 5.75 Å². The van der Waals surface area contributed by atoms with Gasteiger partial charge in [-0.3, -0.25) is 4.79 Å². The average Bonchev–Trinajstić information content (AvgIpc) is 2.99. The lowest BCUT2D eigenvalue weighted by Crippen LogP contribution is -2.57. The predicted octanol–water partition coefficient (Wildman–Crippen LogP) is 1.35. The van der Waals surface area contributed by atoms with Crippen molar-refractivity contribution in [2.45, 2.75) is 31.0 Å². The summed E-state index contributed by atoms with van der Waals surface area (Å²) in [7, 11) is 0. The van der Waals surface area contributed by atoms with E-state index < -0.39 is 17.5 Å². The summed E-state index contributed by atoms with van der Waals surface area (Å²) in [6.45, 7) is 1.19. The number of halogens is 1. The van der Waals surface area contributed by atoms with Crippen LogP contribution in [0.2, 0.25) is 0 Å². The lowest BCUT2D eigenvalue weighted by molar-refractivity contribution is -0.154. The van der Waals surface area contributed by atoms with E-state index in [4.69, 9.17) is 9.47 Å². The van der Waals surface area contributed by atoms with Gasteiger partial charge in [0.2, 0.25) is 0 Å². The molecule has 0 radical (unpaired) electrons. The molecule has 1 aromatic carbocycles. The number of carbonyl (C=O) groups excluding carboxylic acids is 1. The highest BCUT2D eigenvalue weighted by Crippen LogP contribution is 2.35. The van der Waals surface area contributed by atoms with Gasteiger partial charge in [-0.15, -0.1) is 0 Å². The molecule has 2 fully saturated rings. The zero-order valence-electron chi connectivity index (χ0n) is 12.3. The maximum Gasteiger partial charge on any atom is 0.260 e. The van der Waals surface area contributed by atoms with Gasteiger partial charge in [-0.05, 0) is 31.4 Å². The molecule has 1 aromatic rings. The minimum Gasteiger partial charge on any atom is -0.481 e. The van der Waals surface area contributed by atoms with Crippen molar-refractivity contribution in [1.29, 1.82) is 0 Å². The smallest absolute Gasteiger partial charge is 0.260 e. The maximum atomic E-state index is 13.4. The van der Waals surface area contributed by atoms with Crippen molar-refractivity contribution in [3.63, 3.8) is 0 Å². The van der Waals surface area contributed by atoms with E-state index in [0.717, 1.165) is 12.8 Å². The van der Waals surface area contributed by atoms with Crippen LogP contribution in [0.5, 0.6) is 5.75 Å². The second-order valence-electron chi connectivity index (χ2n) is 5.84. The second-order valence-corrected chi connectivity index (χ2v) is 5.84. The number of rotatable bonds is 3. The van der Waals surface area contributed by atoms with Gasteiger partial charge in [0.05, 0.1) is 5.60 Å². The van der Waals surface area contributed by atoms with E-state index in [1.807, 2.05) is 0 Å². The van der Waals surface area contributed by atoms with Gasteiger partial charge in [-0.1, -0.05) is 12.1 Å². The number of hydrogen-bond donors (Lipinski definition) is 1. The zero-order chi connectivity index (χ0) is 15.6. The third-order valence-electron chi connectivity index (χ3n) is 4.48. The molecule has 22 heavy (non-hydrogen) atoms. The van der Waals surface area contributed by atoms with Crippen molar-refractivity contribution in [1.82, 2.24) is 4.90 Å². The predicted molar refractivity (Wildman–Crippen MR) is 77.0 cm³/mol. The molecule has 5 nitrogen and oxygen atoms in total. The fourth-order valence-electron chi connectivity index (χ4n) is 3.16. The first-order valence-electron chi connectivity index (χ1n) is 7.58. The molecular weight excluding hydrogens is 289 g/mol. The molecule has 120 valence electrons. The van der Waals surface area contributed by atoms with Gasteiger partial charge in [0.1, 0.15) is 6.10 Å². The number of likely N-dealkylation sites (tertiary alicyclic amines) is 1. The Kier molecular flexibility index (Phi) is 4.31. The number of benzene rings is 1. The first-order valence-corrected chi connectivity index (χ1v) is 7.58. The minimum absolute atomic E-state index is 0.0593.